The van der Waals surface area contributed by atoms with Crippen molar-refractivity contribution in [2.75, 3.05) is 47.9 Å². The molecule has 0 saturated carbocycles. The number of nitrogens with zero attached hydrogens (tertiary/aromatic N) is 3. The minimum atomic E-state index is -0.00196. The van der Waals surface area contributed by atoms with Gasteiger partial charge in [0, 0.05) is 61.2 Å². The summed E-state index contributed by atoms with van der Waals surface area (Å²) < 4.78 is 0. The Morgan fingerprint density at radius 1 is 1.03 bits per heavy atom. The number of hydrogen-bond donors (Lipinski definition) is 2. The third kappa shape index (κ3) is 5.25. The standard InChI is InChI=1S/C26H30N4O2S/c31-23-6-2-4-20-7-8-24(28-25(20)23)30-11-9-21(10-12-30)26(32)27-22-5-1-3-19(17-22)18-29-13-15-33-16-14-29/h1-8,17,21,31H,9-16,18H2,(H,27,32). The van der Waals surface area contributed by atoms with Crippen LogP contribution in [0.15, 0.2) is 54.6 Å². The van der Waals surface area contributed by atoms with Crippen LogP contribution in [0.1, 0.15) is 18.4 Å². The Kier molecular flexibility index (Phi) is 6.69. The van der Waals surface area contributed by atoms with Gasteiger partial charge in [-0.15, -0.1) is 0 Å². The highest BCUT2D eigenvalue weighted by Gasteiger charge is 2.26. The van der Waals surface area contributed by atoms with E-state index in [2.05, 4.69) is 32.2 Å². The van der Waals surface area contributed by atoms with Gasteiger partial charge in [-0.1, -0.05) is 24.3 Å². The number of piperidine rings is 1. The predicted octanol–water partition coefficient (Wildman–Crippen LogP) is 4.34. The van der Waals surface area contributed by atoms with Gasteiger partial charge in [-0.3, -0.25) is 9.69 Å². The fraction of sp³-hybridized carbons (Fsp3) is 0.385. The number of carbonyl (C=O) groups excluding carboxylic acids is 1. The lowest BCUT2D eigenvalue weighted by atomic mass is 9.95. The molecule has 2 aliphatic heterocycles. The van der Waals surface area contributed by atoms with E-state index >= 15 is 0 Å². The van der Waals surface area contributed by atoms with Crippen molar-refractivity contribution in [3.05, 3.63) is 60.2 Å². The summed E-state index contributed by atoms with van der Waals surface area (Å²) in [6.07, 6.45) is 1.58. The first kappa shape index (κ1) is 22.0. The Labute approximate surface area is 199 Å². The zero-order chi connectivity index (χ0) is 22.6. The molecule has 0 bridgehead atoms. The molecule has 33 heavy (non-hydrogen) atoms. The fourth-order valence-corrected chi connectivity index (χ4v) is 5.66. The van der Waals surface area contributed by atoms with Crippen LogP contribution in [0, 0.1) is 5.92 Å². The summed E-state index contributed by atoms with van der Waals surface area (Å²) in [5, 5.41) is 14.2. The normalized spacial score (nSPS) is 17.9. The second-order valence-electron chi connectivity index (χ2n) is 8.86. The molecule has 3 heterocycles. The van der Waals surface area contributed by atoms with Gasteiger partial charge in [-0.05, 0) is 48.7 Å². The van der Waals surface area contributed by atoms with E-state index in [0.29, 0.717) is 5.52 Å². The molecule has 0 unspecified atom stereocenters. The van der Waals surface area contributed by atoms with Gasteiger partial charge >= 0.3 is 0 Å². The molecule has 2 aliphatic rings. The van der Waals surface area contributed by atoms with Crippen LogP contribution in [0.5, 0.6) is 5.75 Å². The number of hydrogen-bond acceptors (Lipinski definition) is 6. The van der Waals surface area contributed by atoms with Crippen molar-refractivity contribution in [3.8, 4) is 5.75 Å². The molecule has 6 nitrogen and oxygen atoms in total. The molecule has 1 amide bonds. The van der Waals surface area contributed by atoms with E-state index in [4.69, 9.17) is 0 Å². The molecule has 2 saturated heterocycles. The summed E-state index contributed by atoms with van der Waals surface area (Å²) in [4.78, 5) is 22.3. The topological polar surface area (TPSA) is 68.7 Å². The number of anilines is 2. The van der Waals surface area contributed by atoms with Crippen molar-refractivity contribution in [2.45, 2.75) is 19.4 Å². The first-order valence-electron chi connectivity index (χ1n) is 11.7. The van der Waals surface area contributed by atoms with E-state index in [1.54, 1.807) is 6.07 Å². The number of amides is 1. The van der Waals surface area contributed by atoms with Gasteiger partial charge in [-0.25, -0.2) is 4.98 Å². The highest BCUT2D eigenvalue weighted by molar-refractivity contribution is 7.99. The number of benzene rings is 2. The molecule has 2 aromatic carbocycles. The average molecular weight is 463 g/mol. The van der Waals surface area contributed by atoms with Gasteiger partial charge in [0.15, 0.2) is 0 Å². The Morgan fingerprint density at radius 2 is 1.82 bits per heavy atom. The number of carbonyl (C=O) groups is 1. The van der Waals surface area contributed by atoms with Crippen molar-refractivity contribution >= 4 is 40.1 Å². The van der Waals surface area contributed by atoms with Crippen LogP contribution in [-0.4, -0.2) is 58.6 Å². The molecule has 2 fully saturated rings. The highest BCUT2D eigenvalue weighted by atomic mass is 32.2. The minimum Gasteiger partial charge on any atom is -0.506 e. The van der Waals surface area contributed by atoms with E-state index in [1.165, 1.54) is 17.1 Å². The summed E-state index contributed by atoms with van der Waals surface area (Å²) in [7, 11) is 0. The maximum atomic E-state index is 12.9. The molecular weight excluding hydrogens is 432 g/mol. The van der Waals surface area contributed by atoms with Gasteiger partial charge in [0.2, 0.25) is 5.91 Å². The summed E-state index contributed by atoms with van der Waals surface area (Å²) >= 11 is 2.02. The monoisotopic (exact) mass is 462 g/mol. The summed E-state index contributed by atoms with van der Waals surface area (Å²) in [5.74, 6) is 3.55. The lowest BCUT2D eigenvalue weighted by Crippen LogP contribution is -2.38. The Bertz CT molecular complexity index is 1120. The minimum absolute atomic E-state index is 0.00196. The maximum absolute atomic E-state index is 12.9. The Balaban J connectivity index is 1.17. The molecule has 0 aliphatic carbocycles. The van der Waals surface area contributed by atoms with Gasteiger partial charge in [0.05, 0.1) is 0 Å². The van der Waals surface area contributed by atoms with Crippen LogP contribution in [0.25, 0.3) is 10.9 Å². The first-order valence-corrected chi connectivity index (χ1v) is 12.8. The number of pyridine rings is 1. The van der Waals surface area contributed by atoms with Crippen molar-refractivity contribution < 1.29 is 9.90 Å². The number of rotatable bonds is 5. The quantitative estimate of drug-likeness (QED) is 0.588. The fourth-order valence-electron chi connectivity index (χ4n) is 4.68. The number of aromatic hydroxyl groups is 1. The number of fused-ring (bicyclic) bond motifs is 1. The summed E-state index contributed by atoms with van der Waals surface area (Å²) in [5.41, 5.74) is 2.76. The summed E-state index contributed by atoms with van der Waals surface area (Å²) in [6.45, 7) is 4.75. The smallest absolute Gasteiger partial charge is 0.227 e. The molecule has 2 N–H and O–H groups in total. The maximum Gasteiger partial charge on any atom is 0.227 e. The van der Waals surface area contributed by atoms with Crippen LogP contribution in [0.4, 0.5) is 11.5 Å². The van der Waals surface area contributed by atoms with E-state index in [0.717, 1.165) is 62.5 Å². The van der Waals surface area contributed by atoms with Crippen LogP contribution >= 0.6 is 11.8 Å². The van der Waals surface area contributed by atoms with Crippen molar-refractivity contribution in [1.82, 2.24) is 9.88 Å². The predicted molar refractivity (Wildman–Crippen MR) is 136 cm³/mol. The van der Waals surface area contributed by atoms with Gasteiger partial charge in [0.25, 0.3) is 0 Å². The molecule has 0 spiro atoms. The lowest BCUT2D eigenvalue weighted by Gasteiger charge is -2.32. The van der Waals surface area contributed by atoms with Crippen LogP contribution in [0.2, 0.25) is 0 Å². The molecule has 1 aromatic heterocycles. The number of nitrogens with one attached hydrogen (secondary N) is 1. The largest absolute Gasteiger partial charge is 0.506 e. The first-order chi connectivity index (χ1) is 16.2. The number of phenolic OH excluding ortho intramolecular Hbond substituents is 1. The van der Waals surface area contributed by atoms with Crippen LogP contribution < -0.4 is 10.2 Å². The zero-order valence-corrected chi connectivity index (χ0v) is 19.6. The van der Waals surface area contributed by atoms with Gasteiger partial charge in [-0.2, -0.15) is 11.8 Å². The highest BCUT2D eigenvalue weighted by Crippen LogP contribution is 2.28. The lowest BCUT2D eigenvalue weighted by molar-refractivity contribution is -0.120. The van der Waals surface area contributed by atoms with Crippen molar-refractivity contribution in [3.63, 3.8) is 0 Å². The molecule has 0 atom stereocenters. The molecular formula is C26H30N4O2S. The molecule has 7 heteroatoms. The van der Waals surface area contributed by atoms with E-state index in [1.807, 2.05) is 48.2 Å². The van der Waals surface area contributed by atoms with Crippen LogP contribution in [-0.2, 0) is 11.3 Å². The van der Waals surface area contributed by atoms with Gasteiger partial charge in [0.1, 0.15) is 17.1 Å². The van der Waals surface area contributed by atoms with E-state index in [-0.39, 0.29) is 17.6 Å². The van der Waals surface area contributed by atoms with E-state index < -0.39 is 0 Å². The number of thioether (sulfide) groups is 1. The van der Waals surface area contributed by atoms with Gasteiger partial charge < -0.3 is 15.3 Å². The SMILES string of the molecule is O=C(Nc1cccc(CN2CCSCC2)c1)C1CCN(c2ccc3cccc(O)c3n2)CC1. The zero-order valence-electron chi connectivity index (χ0n) is 18.7. The van der Waals surface area contributed by atoms with Crippen molar-refractivity contribution in [2.24, 2.45) is 5.92 Å². The number of aromatic nitrogens is 1. The second kappa shape index (κ2) is 10.0. The Hall–Kier alpha value is -2.77. The summed E-state index contributed by atoms with van der Waals surface area (Å²) in [6, 6.07) is 17.7. The van der Waals surface area contributed by atoms with Crippen LogP contribution in [0.3, 0.4) is 0 Å². The average Bonchev–Trinajstić information content (AvgIpc) is 2.85. The molecule has 3 aromatic rings. The molecule has 172 valence electrons. The number of phenols is 1. The number of para-hydroxylation sites is 1. The Morgan fingerprint density at radius 3 is 2.64 bits per heavy atom. The second-order valence-corrected chi connectivity index (χ2v) is 10.1. The molecule has 0 radical (unpaired) electrons. The van der Waals surface area contributed by atoms with Crippen molar-refractivity contribution in [1.29, 1.82) is 0 Å². The molecule has 5 rings (SSSR count). The van der Waals surface area contributed by atoms with E-state index in [9.17, 15) is 9.90 Å². The third-order valence-corrected chi connectivity index (χ3v) is 7.52. The third-order valence-electron chi connectivity index (χ3n) is 6.58.